The van der Waals surface area contributed by atoms with Gasteiger partial charge in [0.05, 0.1) is 0 Å². The molecule has 1 heterocycles. The van der Waals surface area contributed by atoms with Crippen molar-refractivity contribution in [2.75, 3.05) is 0 Å². The van der Waals surface area contributed by atoms with Gasteiger partial charge in [-0.15, -0.1) is 11.8 Å². The van der Waals surface area contributed by atoms with Crippen LogP contribution < -0.4 is 4.74 Å². The fourth-order valence-corrected chi connectivity index (χ4v) is 5.59. The highest BCUT2D eigenvalue weighted by Gasteiger charge is 2.25. The lowest BCUT2D eigenvalue weighted by Crippen LogP contribution is -2.16. The van der Waals surface area contributed by atoms with Crippen molar-refractivity contribution < 1.29 is 9.53 Å². The number of hydrogen-bond acceptors (Lipinski definition) is 4. The highest BCUT2D eigenvalue weighted by molar-refractivity contribution is 9.10. The number of fused-ring (bicyclic) bond motifs is 1. The van der Waals surface area contributed by atoms with Gasteiger partial charge in [0.2, 0.25) is 0 Å². The summed E-state index contributed by atoms with van der Waals surface area (Å²) < 4.78 is 7.78. The van der Waals surface area contributed by atoms with Gasteiger partial charge in [-0.05, 0) is 60.4 Å². The Labute approximate surface area is 212 Å². The molecule has 4 nitrogen and oxygen atoms in total. The first-order valence-corrected chi connectivity index (χ1v) is 13.2. The fourth-order valence-electron chi connectivity index (χ4n) is 4.37. The summed E-state index contributed by atoms with van der Waals surface area (Å²) in [6.45, 7) is 0. The predicted octanol–water partition coefficient (Wildman–Crippen LogP) is 7.35. The van der Waals surface area contributed by atoms with E-state index in [2.05, 4.69) is 62.3 Å². The van der Waals surface area contributed by atoms with Gasteiger partial charge in [-0.25, -0.2) is 4.98 Å². The molecular weight excluding hydrogens is 508 g/mol. The number of thioether (sulfide) groups is 1. The van der Waals surface area contributed by atoms with E-state index < -0.39 is 0 Å². The Balaban J connectivity index is 1.49. The molecule has 1 aliphatic carbocycles. The SMILES string of the molecule is O=C1CCCc2c1ccc(OC(Cc1ncc[nH]1)c1ccccc1)c2CSc1ccc(Br)cc1. The Morgan fingerprint density at radius 1 is 1.03 bits per heavy atom. The van der Waals surface area contributed by atoms with Gasteiger partial charge in [0, 0.05) is 51.5 Å². The Morgan fingerprint density at radius 2 is 1.85 bits per heavy atom. The van der Waals surface area contributed by atoms with Crippen molar-refractivity contribution in [3.8, 4) is 5.75 Å². The van der Waals surface area contributed by atoms with Crippen LogP contribution in [0, 0.1) is 0 Å². The summed E-state index contributed by atoms with van der Waals surface area (Å²) in [4.78, 5) is 21.5. The Kier molecular flexibility index (Phi) is 7.16. The molecule has 6 heteroatoms. The quantitative estimate of drug-likeness (QED) is 0.241. The topological polar surface area (TPSA) is 55.0 Å². The van der Waals surface area contributed by atoms with E-state index in [1.165, 1.54) is 4.90 Å². The van der Waals surface area contributed by atoms with E-state index in [1.54, 1.807) is 18.0 Å². The number of aromatic amines is 1. The van der Waals surface area contributed by atoms with Gasteiger partial charge in [0.15, 0.2) is 5.78 Å². The summed E-state index contributed by atoms with van der Waals surface area (Å²) in [6.07, 6.45) is 6.46. The number of Topliss-reactive ketones (excluding diaryl/α,β-unsaturated/α-hetero) is 1. The molecule has 0 saturated heterocycles. The van der Waals surface area contributed by atoms with Crippen LogP contribution in [-0.4, -0.2) is 15.8 Å². The first-order valence-electron chi connectivity index (χ1n) is 11.4. The number of H-pyrrole nitrogens is 1. The van der Waals surface area contributed by atoms with Crippen molar-refractivity contribution in [2.45, 2.75) is 42.4 Å². The zero-order valence-electron chi connectivity index (χ0n) is 18.7. The van der Waals surface area contributed by atoms with Crippen LogP contribution in [0.4, 0.5) is 0 Å². The number of ether oxygens (including phenoxy) is 1. The van der Waals surface area contributed by atoms with Crippen LogP contribution >= 0.6 is 27.7 Å². The molecule has 5 rings (SSSR count). The molecule has 1 atom stereocenters. The predicted molar refractivity (Wildman–Crippen MR) is 140 cm³/mol. The van der Waals surface area contributed by atoms with Crippen molar-refractivity contribution in [1.82, 2.24) is 9.97 Å². The second-order valence-electron chi connectivity index (χ2n) is 8.34. The maximum Gasteiger partial charge on any atom is 0.163 e. The molecule has 34 heavy (non-hydrogen) atoms. The van der Waals surface area contributed by atoms with Gasteiger partial charge in [0.25, 0.3) is 0 Å². The van der Waals surface area contributed by atoms with Gasteiger partial charge in [-0.3, -0.25) is 4.79 Å². The van der Waals surface area contributed by atoms with Crippen molar-refractivity contribution in [3.63, 3.8) is 0 Å². The van der Waals surface area contributed by atoms with Gasteiger partial charge in [-0.1, -0.05) is 46.3 Å². The van der Waals surface area contributed by atoms with E-state index in [4.69, 9.17) is 4.74 Å². The number of imidazole rings is 1. The summed E-state index contributed by atoms with van der Waals surface area (Å²) in [5.74, 6) is 2.71. The van der Waals surface area contributed by atoms with E-state index in [0.717, 1.165) is 56.9 Å². The number of rotatable bonds is 8. The van der Waals surface area contributed by atoms with Crippen LogP contribution in [0.1, 0.15) is 51.8 Å². The van der Waals surface area contributed by atoms with Crippen LogP contribution in [0.2, 0.25) is 0 Å². The Hall–Kier alpha value is -2.83. The largest absolute Gasteiger partial charge is 0.485 e. The Morgan fingerprint density at radius 3 is 2.62 bits per heavy atom. The molecule has 172 valence electrons. The number of carbonyl (C=O) groups excluding carboxylic acids is 1. The third-order valence-electron chi connectivity index (χ3n) is 6.09. The zero-order chi connectivity index (χ0) is 23.3. The lowest BCUT2D eigenvalue weighted by Gasteiger charge is -2.25. The third-order valence-corrected chi connectivity index (χ3v) is 7.66. The van der Waals surface area contributed by atoms with Crippen molar-refractivity contribution in [1.29, 1.82) is 0 Å². The monoisotopic (exact) mass is 532 g/mol. The molecule has 0 spiro atoms. The van der Waals surface area contributed by atoms with Crippen molar-refractivity contribution in [2.24, 2.45) is 0 Å². The van der Waals surface area contributed by atoms with Gasteiger partial charge in [-0.2, -0.15) is 0 Å². The number of carbonyl (C=O) groups is 1. The minimum Gasteiger partial charge on any atom is -0.485 e. The number of ketones is 1. The van der Waals surface area contributed by atoms with E-state index in [1.807, 2.05) is 36.5 Å². The standard InChI is InChI=1S/C28H25BrN2O2S/c29-20-9-11-21(12-10-20)34-18-24-22-7-4-8-25(32)23(22)13-14-26(24)33-27(17-28-30-15-16-31-28)19-5-2-1-3-6-19/h1-3,5-6,9-16,27H,4,7-8,17-18H2,(H,30,31). The fraction of sp³-hybridized carbons (Fsp3) is 0.214. The molecule has 1 N–H and O–H groups in total. The van der Waals surface area contributed by atoms with E-state index in [0.29, 0.717) is 12.8 Å². The zero-order valence-corrected chi connectivity index (χ0v) is 21.1. The second-order valence-corrected chi connectivity index (χ2v) is 10.3. The van der Waals surface area contributed by atoms with E-state index in [9.17, 15) is 4.79 Å². The normalized spacial score (nSPS) is 14.0. The molecular formula is C28H25BrN2O2S. The summed E-state index contributed by atoms with van der Waals surface area (Å²) in [5, 5.41) is 0. The molecule has 1 aliphatic rings. The average Bonchev–Trinajstić information content (AvgIpc) is 3.38. The molecule has 0 radical (unpaired) electrons. The summed E-state index contributed by atoms with van der Waals surface area (Å²) in [7, 11) is 0. The molecule has 0 fully saturated rings. The maximum absolute atomic E-state index is 12.7. The van der Waals surface area contributed by atoms with E-state index in [-0.39, 0.29) is 11.9 Å². The average molecular weight is 533 g/mol. The molecule has 4 aromatic rings. The third kappa shape index (κ3) is 5.29. The minimum atomic E-state index is -0.193. The van der Waals surface area contributed by atoms with Gasteiger partial charge < -0.3 is 9.72 Å². The molecule has 3 aromatic carbocycles. The van der Waals surface area contributed by atoms with Gasteiger partial charge in [0.1, 0.15) is 17.7 Å². The lowest BCUT2D eigenvalue weighted by molar-refractivity contribution is 0.0972. The van der Waals surface area contributed by atoms with E-state index >= 15 is 0 Å². The highest BCUT2D eigenvalue weighted by atomic mass is 79.9. The number of halogens is 1. The lowest BCUT2D eigenvalue weighted by atomic mass is 9.87. The molecule has 0 amide bonds. The van der Waals surface area contributed by atoms with Crippen LogP contribution in [0.25, 0.3) is 0 Å². The molecule has 1 unspecified atom stereocenters. The van der Waals surface area contributed by atoms with Crippen LogP contribution in [0.3, 0.4) is 0 Å². The van der Waals surface area contributed by atoms with Crippen LogP contribution in [-0.2, 0) is 18.6 Å². The molecule has 0 saturated carbocycles. The summed E-state index contributed by atoms with van der Waals surface area (Å²) in [5.41, 5.74) is 4.22. The first-order chi connectivity index (χ1) is 16.7. The van der Waals surface area contributed by atoms with Gasteiger partial charge >= 0.3 is 0 Å². The first kappa shape index (κ1) is 22.9. The number of nitrogens with zero attached hydrogens (tertiary/aromatic N) is 1. The molecule has 0 aliphatic heterocycles. The number of aromatic nitrogens is 2. The smallest absolute Gasteiger partial charge is 0.163 e. The number of benzene rings is 3. The van der Waals surface area contributed by atoms with Crippen LogP contribution in [0.5, 0.6) is 5.75 Å². The Bertz CT molecular complexity index is 1260. The van der Waals surface area contributed by atoms with Crippen LogP contribution in [0.15, 0.2) is 88.5 Å². The van der Waals surface area contributed by atoms with Crippen molar-refractivity contribution in [3.05, 3.63) is 112 Å². The maximum atomic E-state index is 12.7. The number of nitrogens with one attached hydrogen (secondary N) is 1. The summed E-state index contributed by atoms with van der Waals surface area (Å²) in [6, 6.07) is 22.5. The summed E-state index contributed by atoms with van der Waals surface area (Å²) >= 11 is 5.28. The highest BCUT2D eigenvalue weighted by Crippen LogP contribution is 2.38. The molecule has 0 bridgehead atoms. The second kappa shape index (κ2) is 10.6. The number of hydrogen-bond donors (Lipinski definition) is 1. The van der Waals surface area contributed by atoms with Crippen molar-refractivity contribution >= 4 is 33.5 Å². The minimum absolute atomic E-state index is 0.193. The molecule has 1 aromatic heterocycles.